The van der Waals surface area contributed by atoms with Crippen LogP contribution in [0.4, 0.5) is 0 Å². The van der Waals surface area contributed by atoms with Gasteiger partial charge in [0.15, 0.2) is 6.04 Å². The molecule has 6 atom stereocenters. The van der Waals surface area contributed by atoms with Gasteiger partial charge in [-0.25, -0.2) is 4.79 Å². The van der Waals surface area contributed by atoms with Crippen molar-refractivity contribution < 1.29 is 34.5 Å². The standard InChI is InChI=1S/C16H28N4O7S/c1-7(21)11(17)15(25)20-5-3-4-10(20)14(24)18-9(6-28)13(23)19-12(8(2)22)16(26)27/h7-12,21-22,28H,3-6,17H2,1-2H3,(H,18,24)(H,19,23)(H,26,27). The van der Waals surface area contributed by atoms with Gasteiger partial charge in [0.25, 0.3) is 0 Å². The Morgan fingerprint density at radius 1 is 1.18 bits per heavy atom. The number of aliphatic carboxylic acids is 1. The molecule has 1 fully saturated rings. The van der Waals surface area contributed by atoms with Crippen molar-refractivity contribution in [3.05, 3.63) is 0 Å². The largest absolute Gasteiger partial charge is 0.480 e. The number of nitrogens with one attached hydrogen (secondary N) is 2. The van der Waals surface area contributed by atoms with Gasteiger partial charge in [0.1, 0.15) is 18.1 Å². The highest BCUT2D eigenvalue weighted by Crippen LogP contribution is 2.19. The van der Waals surface area contributed by atoms with Gasteiger partial charge in [0, 0.05) is 12.3 Å². The number of carboxylic acids is 1. The second-order valence-electron chi connectivity index (χ2n) is 6.76. The second kappa shape index (κ2) is 10.6. The minimum absolute atomic E-state index is 0.127. The van der Waals surface area contributed by atoms with Gasteiger partial charge >= 0.3 is 5.97 Å². The van der Waals surface area contributed by atoms with Gasteiger partial charge in [0.2, 0.25) is 17.7 Å². The number of rotatable bonds is 9. The molecule has 0 spiro atoms. The number of carbonyl (C=O) groups is 4. The van der Waals surface area contributed by atoms with Crippen molar-refractivity contribution in [2.45, 2.75) is 63.1 Å². The first-order chi connectivity index (χ1) is 13.0. The number of thiol groups is 1. The number of hydrogen-bond donors (Lipinski definition) is 7. The highest BCUT2D eigenvalue weighted by Gasteiger charge is 2.38. The maximum Gasteiger partial charge on any atom is 0.328 e. The van der Waals surface area contributed by atoms with Crippen LogP contribution in [0.2, 0.25) is 0 Å². The molecule has 11 nitrogen and oxygen atoms in total. The van der Waals surface area contributed by atoms with E-state index in [1.54, 1.807) is 0 Å². The fourth-order valence-electron chi connectivity index (χ4n) is 2.81. The quantitative estimate of drug-likeness (QED) is 0.193. The van der Waals surface area contributed by atoms with E-state index in [1.165, 1.54) is 18.7 Å². The minimum atomic E-state index is -1.54. The number of aliphatic hydroxyl groups is 2. The summed E-state index contributed by atoms with van der Waals surface area (Å²) in [6.45, 7) is 2.87. The van der Waals surface area contributed by atoms with Crippen LogP contribution in [0.3, 0.4) is 0 Å². The highest BCUT2D eigenvalue weighted by atomic mass is 32.1. The molecule has 0 aliphatic carbocycles. The van der Waals surface area contributed by atoms with Crippen molar-refractivity contribution in [2.24, 2.45) is 5.73 Å². The number of nitrogens with zero attached hydrogens (tertiary/aromatic N) is 1. The van der Waals surface area contributed by atoms with E-state index < -0.39 is 60.1 Å². The monoisotopic (exact) mass is 420 g/mol. The van der Waals surface area contributed by atoms with Gasteiger partial charge in [-0.3, -0.25) is 14.4 Å². The summed E-state index contributed by atoms with van der Waals surface area (Å²) in [6, 6.07) is -4.74. The molecule has 0 aromatic carbocycles. The molecule has 1 rings (SSSR count). The predicted octanol–water partition coefficient (Wildman–Crippen LogP) is -2.95. The number of amides is 3. The summed E-state index contributed by atoms with van der Waals surface area (Å²) < 4.78 is 0. The smallest absolute Gasteiger partial charge is 0.328 e. The first kappa shape index (κ1) is 24.1. The van der Waals surface area contributed by atoms with Crippen LogP contribution in [0.5, 0.6) is 0 Å². The van der Waals surface area contributed by atoms with Gasteiger partial charge in [-0.05, 0) is 26.7 Å². The van der Waals surface area contributed by atoms with E-state index in [4.69, 9.17) is 10.8 Å². The lowest BCUT2D eigenvalue weighted by Crippen LogP contribution is -2.59. The van der Waals surface area contributed by atoms with Crippen LogP contribution in [0.25, 0.3) is 0 Å². The van der Waals surface area contributed by atoms with E-state index >= 15 is 0 Å². The van der Waals surface area contributed by atoms with E-state index in [-0.39, 0.29) is 12.3 Å². The fraction of sp³-hybridized carbons (Fsp3) is 0.750. The topological polar surface area (TPSA) is 182 Å². The van der Waals surface area contributed by atoms with Crippen LogP contribution in [0.15, 0.2) is 0 Å². The Kier molecular flexibility index (Phi) is 9.14. The Balaban J connectivity index is 2.80. The van der Waals surface area contributed by atoms with Gasteiger partial charge in [-0.2, -0.15) is 12.6 Å². The number of nitrogens with two attached hydrogens (primary N) is 1. The Hall–Kier alpha value is -1.89. The summed E-state index contributed by atoms with van der Waals surface area (Å²) in [7, 11) is 0. The maximum absolute atomic E-state index is 12.6. The summed E-state index contributed by atoms with van der Waals surface area (Å²) in [5.41, 5.74) is 5.66. The van der Waals surface area contributed by atoms with Gasteiger partial charge in [0.05, 0.1) is 12.2 Å². The van der Waals surface area contributed by atoms with Crippen LogP contribution in [-0.2, 0) is 19.2 Å². The molecule has 0 aromatic rings. The molecule has 1 aliphatic heterocycles. The molecule has 0 aromatic heterocycles. The zero-order valence-electron chi connectivity index (χ0n) is 15.7. The van der Waals surface area contributed by atoms with Crippen molar-refractivity contribution in [2.75, 3.05) is 12.3 Å². The molecule has 1 heterocycles. The van der Waals surface area contributed by atoms with Crippen molar-refractivity contribution in [1.82, 2.24) is 15.5 Å². The predicted molar refractivity (Wildman–Crippen MR) is 101 cm³/mol. The Labute approximate surface area is 168 Å². The van der Waals surface area contributed by atoms with Crippen molar-refractivity contribution in [3.8, 4) is 0 Å². The third-order valence-corrected chi connectivity index (χ3v) is 4.87. The summed E-state index contributed by atoms with van der Waals surface area (Å²) in [4.78, 5) is 49.6. The third kappa shape index (κ3) is 6.06. The van der Waals surface area contributed by atoms with Crippen LogP contribution < -0.4 is 16.4 Å². The summed E-state index contributed by atoms with van der Waals surface area (Å²) in [5.74, 6) is -3.56. The van der Waals surface area contributed by atoms with Crippen LogP contribution >= 0.6 is 12.6 Å². The number of carbonyl (C=O) groups excluding carboxylic acids is 3. The third-order valence-electron chi connectivity index (χ3n) is 4.51. The maximum atomic E-state index is 12.6. The molecule has 3 amide bonds. The Morgan fingerprint density at radius 3 is 2.25 bits per heavy atom. The van der Waals surface area contributed by atoms with Crippen LogP contribution in [0.1, 0.15) is 26.7 Å². The average Bonchev–Trinajstić information content (AvgIpc) is 3.11. The first-order valence-electron chi connectivity index (χ1n) is 8.87. The lowest BCUT2D eigenvalue weighted by Gasteiger charge is -2.29. The van der Waals surface area contributed by atoms with E-state index in [0.29, 0.717) is 12.8 Å². The van der Waals surface area contributed by atoms with Gasteiger partial charge in [-0.1, -0.05) is 0 Å². The summed E-state index contributed by atoms with van der Waals surface area (Å²) in [5, 5.41) is 32.6. The normalized spacial score (nSPS) is 21.9. The number of carboxylic acid groups (broad SMARTS) is 1. The Bertz CT molecular complexity index is 602. The zero-order chi connectivity index (χ0) is 21.6. The molecular weight excluding hydrogens is 392 g/mol. The molecule has 0 bridgehead atoms. The number of likely N-dealkylation sites (tertiary alicyclic amines) is 1. The molecule has 0 saturated carbocycles. The van der Waals surface area contributed by atoms with Crippen LogP contribution in [-0.4, -0.2) is 92.6 Å². The summed E-state index contributed by atoms with van der Waals surface area (Å²) in [6.07, 6.45) is -1.52. The average molecular weight is 420 g/mol. The molecule has 12 heteroatoms. The summed E-state index contributed by atoms with van der Waals surface area (Å²) >= 11 is 4.00. The molecule has 1 saturated heterocycles. The first-order valence-corrected chi connectivity index (χ1v) is 9.51. The van der Waals surface area contributed by atoms with Crippen molar-refractivity contribution in [1.29, 1.82) is 0 Å². The van der Waals surface area contributed by atoms with E-state index in [2.05, 4.69) is 23.3 Å². The molecule has 1 aliphatic rings. The lowest BCUT2D eigenvalue weighted by molar-refractivity contribution is -0.145. The van der Waals surface area contributed by atoms with Crippen molar-refractivity contribution in [3.63, 3.8) is 0 Å². The molecule has 6 unspecified atom stereocenters. The van der Waals surface area contributed by atoms with Crippen LogP contribution in [0, 0.1) is 0 Å². The van der Waals surface area contributed by atoms with Crippen molar-refractivity contribution >= 4 is 36.3 Å². The molecule has 7 N–H and O–H groups in total. The second-order valence-corrected chi connectivity index (χ2v) is 7.13. The molecular formula is C16H28N4O7S. The number of hydrogen-bond acceptors (Lipinski definition) is 8. The molecule has 160 valence electrons. The van der Waals surface area contributed by atoms with E-state index in [1.807, 2.05) is 0 Å². The van der Waals surface area contributed by atoms with Gasteiger partial charge < -0.3 is 36.6 Å². The van der Waals surface area contributed by atoms with Gasteiger partial charge in [-0.15, -0.1) is 0 Å². The zero-order valence-corrected chi connectivity index (χ0v) is 16.6. The van der Waals surface area contributed by atoms with E-state index in [0.717, 1.165) is 0 Å². The SMILES string of the molecule is CC(O)C(N)C(=O)N1CCCC1C(=O)NC(CS)C(=O)NC(C(=O)O)C(C)O. The molecule has 0 radical (unpaired) electrons. The lowest BCUT2D eigenvalue weighted by atomic mass is 10.1. The fourth-order valence-corrected chi connectivity index (χ4v) is 3.06. The number of aliphatic hydroxyl groups excluding tert-OH is 2. The highest BCUT2D eigenvalue weighted by molar-refractivity contribution is 7.80. The van der Waals surface area contributed by atoms with E-state index in [9.17, 15) is 29.4 Å². The molecule has 28 heavy (non-hydrogen) atoms. The minimum Gasteiger partial charge on any atom is -0.480 e. The Morgan fingerprint density at radius 2 is 1.79 bits per heavy atom.